The minimum absolute atomic E-state index is 0.0329. The number of nitrogen functional groups attached to an aromatic ring is 2. The highest BCUT2D eigenvalue weighted by molar-refractivity contribution is 5.92. The number of ether oxygens (including phenoxy) is 2. The fourth-order valence-corrected chi connectivity index (χ4v) is 4.53. The summed E-state index contributed by atoms with van der Waals surface area (Å²) < 4.78 is 16.2. The SMILES string of the molecule is CCOC(=O)c1nc(C)n(C)c1N=Nc1c(C)nn(-c2cc(-n3nc(C)c(N=Nc4c(C(=O)OCC)nc(C)n4C)c3N)ncn2)c1N. The van der Waals surface area contributed by atoms with Crippen LogP contribution in [0, 0.1) is 27.7 Å². The first-order valence-electron chi connectivity index (χ1n) is 14.6. The molecule has 20 nitrogen and oxygen atoms in total. The van der Waals surface area contributed by atoms with Crippen molar-refractivity contribution < 1.29 is 19.1 Å². The molecule has 5 rings (SSSR count). The Morgan fingerprint density at radius 3 is 1.48 bits per heavy atom. The minimum atomic E-state index is -0.615. The maximum Gasteiger partial charge on any atom is 0.360 e. The molecule has 250 valence electrons. The Bertz CT molecular complexity index is 1950. The zero-order chi connectivity index (χ0) is 34.9. The molecule has 0 unspecified atom stereocenters. The monoisotopic (exact) mass is 658 g/mol. The second-order valence-electron chi connectivity index (χ2n) is 10.3. The van der Waals surface area contributed by atoms with E-state index in [4.69, 9.17) is 20.9 Å². The molecule has 0 aromatic carbocycles. The average Bonchev–Trinajstić information content (AvgIpc) is 3.72. The van der Waals surface area contributed by atoms with Gasteiger partial charge in [0.05, 0.1) is 24.6 Å². The van der Waals surface area contributed by atoms with Crippen molar-refractivity contribution in [3.63, 3.8) is 0 Å². The van der Waals surface area contributed by atoms with Crippen LogP contribution < -0.4 is 11.5 Å². The lowest BCUT2D eigenvalue weighted by molar-refractivity contribution is 0.0511. The fraction of sp³-hybridized carbons (Fsp3) is 0.357. The molecular weight excluding hydrogens is 624 g/mol. The van der Waals surface area contributed by atoms with Crippen molar-refractivity contribution in [3.8, 4) is 11.6 Å². The molecule has 0 bridgehead atoms. The lowest BCUT2D eigenvalue weighted by Crippen LogP contribution is -2.09. The molecule has 0 aliphatic carbocycles. The first-order valence-corrected chi connectivity index (χ1v) is 14.6. The Balaban J connectivity index is 1.47. The normalized spacial score (nSPS) is 11.7. The summed E-state index contributed by atoms with van der Waals surface area (Å²) in [6.45, 7) is 10.6. The molecule has 0 atom stereocenters. The van der Waals surface area contributed by atoms with Gasteiger partial charge < -0.3 is 30.1 Å². The molecule has 20 heteroatoms. The minimum Gasteiger partial charge on any atom is -0.461 e. The number of hydrogen-bond acceptors (Lipinski definition) is 16. The van der Waals surface area contributed by atoms with Crippen LogP contribution in [0.2, 0.25) is 0 Å². The third-order valence-electron chi connectivity index (χ3n) is 7.20. The molecule has 0 spiro atoms. The maximum atomic E-state index is 12.4. The third-order valence-corrected chi connectivity index (χ3v) is 7.20. The molecule has 0 fully saturated rings. The second-order valence-corrected chi connectivity index (χ2v) is 10.3. The molecule has 5 aromatic rings. The molecule has 0 radical (unpaired) electrons. The van der Waals surface area contributed by atoms with Crippen molar-refractivity contribution >= 4 is 46.6 Å². The first-order chi connectivity index (χ1) is 22.9. The summed E-state index contributed by atoms with van der Waals surface area (Å²) in [6, 6.07) is 1.57. The van der Waals surface area contributed by atoms with Gasteiger partial charge in [0.2, 0.25) is 0 Å². The van der Waals surface area contributed by atoms with Crippen LogP contribution in [-0.2, 0) is 23.6 Å². The van der Waals surface area contributed by atoms with Crippen molar-refractivity contribution in [2.45, 2.75) is 41.5 Å². The standard InChI is InChI=1S/C28H34N16O4/c1-9-47-27(45)21-25(41(7)15(5)33-21)37-35-19-13(3)39-43(23(19)29)17-11-18(32-12-31-17)44-24(30)20(14(4)40-44)36-38-26-22(28(46)48-10-2)34-16(6)42(26)8/h11-12H,9-10,29-30H2,1-8H3. The van der Waals surface area contributed by atoms with Crippen LogP contribution in [-0.4, -0.2) is 73.8 Å². The van der Waals surface area contributed by atoms with E-state index in [9.17, 15) is 9.59 Å². The fourth-order valence-electron chi connectivity index (χ4n) is 4.53. The highest BCUT2D eigenvalue weighted by Crippen LogP contribution is 2.33. The number of rotatable bonds is 10. The molecule has 0 saturated heterocycles. The Hall–Kier alpha value is -6.34. The first kappa shape index (κ1) is 33.0. The molecule has 0 aliphatic rings. The Kier molecular flexibility index (Phi) is 9.07. The number of imidazole rings is 2. The number of azo groups is 2. The predicted octanol–water partition coefficient (Wildman–Crippen LogP) is 3.90. The van der Waals surface area contributed by atoms with Gasteiger partial charge in [-0.3, -0.25) is 0 Å². The number of esters is 2. The average molecular weight is 659 g/mol. The van der Waals surface area contributed by atoms with E-state index in [0.29, 0.717) is 23.0 Å². The van der Waals surface area contributed by atoms with Crippen molar-refractivity contribution in [3.05, 3.63) is 46.8 Å². The summed E-state index contributed by atoms with van der Waals surface area (Å²) >= 11 is 0. The molecule has 48 heavy (non-hydrogen) atoms. The number of anilines is 2. The molecule has 4 N–H and O–H groups in total. The van der Waals surface area contributed by atoms with Crippen LogP contribution in [0.4, 0.5) is 34.6 Å². The van der Waals surface area contributed by atoms with Crippen LogP contribution in [0.1, 0.15) is 57.9 Å². The van der Waals surface area contributed by atoms with Gasteiger partial charge in [0.25, 0.3) is 0 Å². The van der Waals surface area contributed by atoms with Gasteiger partial charge >= 0.3 is 11.9 Å². The number of hydrogen-bond donors (Lipinski definition) is 2. The molecule has 5 aromatic heterocycles. The summed E-state index contributed by atoms with van der Waals surface area (Å²) in [5, 5.41) is 26.1. The Morgan fingerprint density at radius 1 is 0.708 bits per heavy atom. The van der Waals surface area contributed by atoms with E-state index in [1.807, 2.05) is 0 Å². The highest BCUT2D eigenvalue weighted by Gasteiger charge is 2.24. The van der Waals surface area contributed by atoms with E-state index in [2.05, 4.69) is 50.6 Å². The van der Waals surface area contributed by atoms with Crippen molar-refractivity contribution in [2.24, 2.45) is 34.6 Å². The number of nitrogens with zero attached hydrogens (tertiary/aromatic N) is 14. The van der Waals surface area contributed by atoms with Gasteiger partial charge in [0.15, 0.2) is 57.7 Å². The van der Waals surface area contributed by atoms with Crippen LogP contribution in [0.25, 0.3) is 11.6 Å². The molecule has 0 aliphatic heterocycles. The van der Waals surface area contributed by atoms with Crippen molar-refractivity contribution in [1.82, 2.24) is 48.6 Å². The summed E-state index contributed by atoms with van der Waals surface area (Å²) in [6.07, 6.45) is 1.30. The quantitative estimate of drug-likeness (QED) is 0.160. The van der Waals surface area contributed by atoms with Crippen LogP contribution >= 0.6 is 0 Å². The van der Waals surface area contributed by atoms with E-state index in [1.54, 1.807) is 70.8 Å². The molecule has 0 saturated carbocycles. The smallest absolute Gasteiger partial charge is 0.360 e. The number of nitrogens with two attached hydrogens (primary N) is 2. The number of aryl methyl sites for hydroxylation is 4. The van der Waals surface area contributed by atoms with Crippen molar-refractivity contribution in [2.75, 3.05) is 24.7 Å². The van der Waals surface area contributed by atoms with E-state index in [-0.39, 0.29) is 70.9 Å². The molecule has 5 heterocycles. The zero-order valence-electron chi connectivity index (χ0n) is 27.6. The van der Waals surface area contributed by atoms with E-state index < -0.39 is 11.9 Å². The van der Waals surface area contributed by atoms with Gasteiger partial charge in [-0.15, -0.1) is 20.5 Å². The van der Waals surface area contributed by atoms with Crippen molar-refractivity contribution in [1.29, 1.82) is 0 Å². The van der Waals surface area contributed by atoms with Crippen LogP contribution in [0.3, 0.4) is 0 Å². The molecule has 0 amide bonds. The highest BCUT2D eigenvalue weighted by atomic mass is 16.5. The maximum absolute atomic E-state index is 12.4. The van der Waals surface area contributed by atoms with Gasteiger partial charge in [-0.05, 0) is 41.5 Å². The number of carbonyl (C=O) groups excluding carboxylic acids is 2. The molecular formula is C28H34N16O4. The second kappa shape index (κ2) is 13.2. The van der Waals surface area contributed by atoms with Gasteiger partial charge in [0, 0.05) is 20.2 Å². The van der Waals surface area contributed by atoms with Gasteiger partial charge in [-0.1, -0.05) is 0 Å². The van der Waals surface area contributed by atoms with E-state index >= 15 is 0 Å². The summed E-state index contributed by atoms with van der Waals surface area (Å²) in [7, 11) is 3.41. The zero-order valence-corrected chi connectivity index (χ0v) is 27.6. The topological polar surface area (TPSA) is 251 Å². The Morgan fingerprint density at radius 2 is 1.10 bits per heavy atom. The summed E-state index contributed by atoms with van der Waals surface area (Å²) in [4.78, 5) is 42.0. The Labute approximate surface area is 273 Å². The van der Waals surface area contributed by atoms with Crippen LogP contribution in [0.5, 0.6) is 0 Å². The summed E-state index contributed by atoms with van der Waals surface area (Å²) in [5.41, 5.74) is 14.4. The lowest BCUT2D eigenvalue weighted by Gasteiger charge is -2.06. The lowest BCUT2D eigenvalue weighted by atomic mass is 10.4. The largest absolute Gasteiger partial charge is 0.461 e. The van der Waals surface area contributed by atoms with E-state index in [0.717, 1.165) is 0 Å². The van der Waals surface area contributed by atoms with Gasteiger partial charge in [-0.25, -0.2) is 29.5 Å². The number of aromatic nitrogens is 10. The van der Waals surface area contributed by atoms with E-state index in [1.165, 1.54) is 15.7 Å². The summed E-state index contributed by atoms with van der Waals surface area (Å²) in [5.74, 6) is 1.09. The van der Waals surface area contributed by atoms with Gasteiger partial charge in [0.1, 0.15) is 18.0 Å². The third kappa shape index (κ3) is 5.97. The number of carbonyl (C=O) groups is 2. The van der Waals surface area contributed by atoms with Gasteiger partial charge in [-0.2, -0.15) is 19.6 Å². The predicted molar refractivity (Wildman–Crippen MR) is 171 cm³/mol. The van der Waals surface area contributed by atoms with Crippen LogP contribution in [0.15, 0.2) is 32.9 Å².